The second-order valence-electron chi connectivity index (χ2n) is 4.58. The van der Waals surface area contributed by atoms with E-state index < -0.39 is 6.10 Å². The zero-order chi connectivity index (χ0) is 13.1. The molecular weight excluding hydrogens is 252 g/mol. The quantitative estimate of drug-likeness (QED) is 0.823. The van der Waals surface area contributed by atoms with Gasteiger partial charge in [-0.3, -0.25) is 0 Å². The van der Waals surface area contributed by atoms with Crippen LogP contribution in [0.2, 0.25) is 5.02 Å². The number of aliphatic hydroxyl groups excluding tert-OH is 1. The minimum atomic E-state index is -0.412. The Kier molecular flexibility index (Phi) is 4.09. The minimum absolute atomic E-state index is 0.181. The Labute approximate surface area is 112 Å². The number of amides is 2. The molecule has 2 N–H and O–H groups in total. The van der Waals surface area contributed by atoms with Crippen molar-refractivity contribution in [1.82, 2.24) is 4.90 Å². The molecule has 18 heavy (non-hydrogen) atoms. The van der Waals surface area contributed by atoms with Gasteiger partial charge < -0.3 is 15.3 Å². The molecule has 1 atom stereocenters. The first-order valence-corrected chi connectivity index (χ1v) is 6.45. The van der Waals surface area contributed by atoms with Crippen molar-refractivity contribution in [3.05, 3.63) is 28.8 Å². The first-order valence-electron chi connectivity index (χ1n) is 6.07. The Morgan fingerprint density at radius 2 is 2.33 bits per heavy atom. The molecule has 1 saturated heterocycles. The molecule has 98 valence electrons. The smallest absolute Gasteiger partial charge is 0.321 e. The van der Waals surface area contributed by atoms with Gasteiger partial charge in [0.1, 0.15) is 0 Å². The number of hydrogen-bond donors (Lipinski definition) is 2. The largest absolute Gasteiger partial charge is 0.391 e. The van der Waals surface area contributed by atoms with E-state index in [1.54, 1.807) is 17.0 Å². The summed E-state index contributed by atoms with van der Waals surface area (Å²) in [4.78, 5) is 13.7. The summed E-state index contributed by atoms with van der Waals surface area (Å²) in [5, 5.41) is 13.0. The molecule has 1 unspecified atom stereocenters. The van der Waals surface area contributed by atoms with Gasteiger partial charge in [-0.2, -0.15) is 0 Å². The van der Waals surface area contributed by atoms with Crippen LogP contribution in [0, 0.1) is 6.92 Å². The van der Waals surface area contributed by atoms with Gasteiger partial charge in [0.25, 0.3) is 0 Å². The van der Waals surface area contributed by atoms with E-state index in [-0.39, 0.29) is 6.03 Å². The normalized spacial score (nSPS) is 19.7. The van der Waals surface area contributed by atoms with Crippen molar-refractivity contribution in [3.63, 3.8) is 0 Å². The molecule has 1 aliphatic heterocycles. The van der Waals surface area contributed by atoms with Crippen LogP contribution in [0.3, 0.4) is 0 Å². The van der Waals surface area contributed by atoms with E-state index in [2.05, 4.69) is 5.32 Å². The number of likely N-dealkylation sites (tertiary alicyclic amines) is 1. The average molecular weight is 269 g/mol. The Balaban J connectivity index is 2.04. The van der Waals surface area contributed by atoms with Crippen LogP contribution >= 0.6 is 11.6 Å². The maximum atomic E-state index is 12.0. The fourth-order valence-corrected chi connectivity index (χ4v) is 2.25. The number of hydrogen-bond acceptors (Lipinski definition) is 2. The monoisotopic (exact) mass is 268 g/mol. The average Bonchev–Trinajstić information content (AvgIpc) is 2.35. The molecule has 2 rings (SSSR count). The van der Waals surface area contributed by atoms with Crippen molar-refractivity contribution in [1.29, 1.82) is 0 Å². The van der Waals surface area contributed by atoms with Crippen LogP contribution in [0.25, 0.3) is 0 Å². The molecule has 5 heteroatoms. The van der Waals surface area contributed by atoms with Crippen LogP contribution in [0.1, 0.15) is 18.4 Å². The Morgan fingerprint density at radius 3 is 3.06 bits per heavy atom. The summed E-state index contributed by atoms with van der Waals surface area (Å²) in [6.07, 6.45) is 1.19. The predicted octanol–water partition coefficient (Wildman–Crippen LogP) is 2.64. The number of nitrogens with zero attached hydrogens (tertiary/aromatic N) is 1. The van der Waals surface area contributed by atoms with E-state index in [0.717, 1.165) is 18.4 Å². The minimum Gasteiger partial charge on any atom is -0.391 e. The molecule has 2 amide bonds. The summed E-state index contributed by atoms with van der Waals surface area (Å²) in [5.41, 5.74) is 1.57. The predicted molar refractivity (Wildman–Crippen MR) is 72.0 cm³/mol. The first-order chi connectivity index (χ1) is 8.58. The number of nitrogens with one attached hydrogen (secondary N) is 1. The number of aliphatic hydroxyl groups is 1. The summed E-state index contributed by atoms with van der Waals surface area (Å²) >= 11 is 6.00. The molecule has 1 aromatic rings. The number of carbonyl (C=O) groups excluding carboxylic acids is 1. The van der Waals surface area contributed by atoms with Crippen molar-refractivity contribution >= 4 is 23.3 Å². The molecule has 1 aromatic carbocycles. The van der Waals surface area contributed by atoms with Crippen molar-refractivity contribution in [2.24, 2.45) is 0 Å². The summed E-state index contributed by atoms with van der Waals surface area (Å²) in [6, 6.07) is 5.23. The van der Waals surface area contributed by atoms with Crippen LogP contribution in [0.5, 0.6) is 0 Å². The molecule has 0 saturated carbocycles. The van der Waals surface area contributed by atoms with Gasteiger partial charge >= 0.3 is 6.03 Å². The van der Waals surface area contributed by atoms with Crippen molar-refractivity contribution in [3.8, 4) is 0 Å². The SMILES string of the molecule is Cc1c(Cl)cccc1NC(=O)N1CCCC(O)C1. The number of benzene rings is 1. The van der Waals surface area contributed by atoms with E-state index in [1.165, 1.54) is 0 Å². The Morgan fingerprint density at radius 1 is 1.56 bits per heavy atom. The van der Waals surface area contributed by atoms with Gasteiger partial charge in [-0.15, -0.1) is 0 Å². The van der Waals surface area contributed by atoms with Gasteiger partial charge in [-0.05, 0) is 37.5 Å². The third-order valence-electron chi connectivity index (χ3n) is 3.19. The Bertz CT molecular complexity index is 451. The lowest BCUT2D eigenvalue weighted by Crippen LogP contribution is -2.44. The fourth-order valence-electron chi connectivity index (χ4n) is 2.08. The van der Waals surface area contributed by atoms with E-state index in [0.29, 0.717) is 23.8 Å². The zero-order valence-corrected chi connectivity index (χ0v) is 11.1. The van der Waals surface area contributed by atoms with Gasteiger partial charge in [0.2, 0.25) is 0 Å². The molecule has 0 aliphatic carbocycles. The summed E-state index contributed by atoms with van der Waals surface area (Å²) in [7, 11) is 0. The van der Waals surface area contributed by atoms with Gasteiger partial charge in [0.15, 0.2) is 0 Å². The number of carbonyl (C=O) groups is 1. The molecular formula is C13H17ClN2O2. The summed E-state index contributed by atoms with van der Waals surface area (Å²) in [6.45, 7) is 2.94. The number of piperidine rings is 1. The maximum Gasteiger partial charge on any atom is 0.321 e. The van der Waals surface area contributed by atoms with Crippen LogP contribution in [-0.4, -0.2) is 35.2 Å². The Hall–Kier alpha value is -1.26. The molecule has 1 fully saturated rings. The van der Waals surface area contributed by atoms with Crippen LogP contribution in [0.4, 0.5) is 10.5 Å². The highest BCUT2D eigenvalue weighted by molar-refractivity contribution is 6.31. The second kappa shape index (κ2) is 5.59. The third kappa shape index (κ3) is 2.94. The van der Waals surface area contributed by atoms with E-state index >= 15 is 0 Å². The molecule has 0 spiro atoms. The molecule has 0 bridgehead atoms. The van der Waals surface area contributed by atoms with Gasteiger partial charge in [-0.25, -0.2) is 4.79 Å². The van der Waals surface area contributed by atoms with Gasteiger partial charge in [0, 0.05) is 23.8 Å². The van der Waals surface area contributed by atoms with Crippen LogP contribution < -0.4 is 5.32 Å². The number of β-amino-alcohol motifs (C(OH)–C–C–N with tert-alkyl or cyclic N) is 1. The number of rotatable bonds is 1. The first kappa shape index (κ1) is 13.2. The lowest BCUT2D eigenvalue weighted by Gasteiger charge is -2.30. The molecule has 4 nitrogen and oxygen atoms in total. The van der Waals surface area contributed by atoms with Crippen LogP contribution in [-0.2, 0) is 0 Å². The van der Waals surface area contributed by atoms with E-state index in [1.807, 2.05) is 13.0 Å². The highest BCUT2D eigenvalue weighted by atomic mass is 35.5. The zero-order valence-electron chi connectivity index (χ0n) is 10.3. The molecule has 1 heterocycles. The number of urea groups is 1. The van der Waals surface area contributed by atoms with Crippen molar-refractivity contribution in [2.45, 2.75) is 25.9 Å². The maximum absolute atomic E-state index is 12.0. The third-order valence-corrected chi connectivity index (χ3v) is 3.60. The summed E-state index contributed by atoms with van der Waals surface area (Å²) < 4.78 is 0. The summed E-state index contributed by atoms with van der Waals surface area (Å²) in [5.74, 6) is 0. The van der Waals surface area contributed by atoms with E-state index in [9.17, 15) is 9.90 Å². The lowest BCUT2D eigenvalue weighted by atomic mass is 10.1. The number of halogens is 1. The molecule has 0 radical (unpaired) electrons. The standard InChI is InChI=1S/C13H17ClN2O2/c1-9-11(14)5-2-6-12(9)15-13(18)16-7-3-4-10(17)8-16/h2,5-6,10,17H,3-4,7-8H2,1H3,(H,15,18). The molecule has 1 aliphatic rings. The van der Waals surface area contributed by atoms with Crippen LogP contribution in [0.15, 0.2) is 18.2 Å². The van der Waals surface area contributed by atoms with E-state index in [4.69, 9.17) is 11.6 Å². The highest BCUT2D eigenvalue weighted by Gasteiger charge is 2.22. The van der Waals surface area contributed by atoms with Gasteiger partial charge in [-0.1, -0.05) is 17.7 Å². The molecule has 0 aromatic heterocycles. The van der Waals surface area contributed by atoms with Crippen molar-refractivity contribution < 1.29 is 9.90 Å². The lowest BCUT2D eigenvalue weighted by molar-refractivity contribution is 0.0883. The number of anilines is 1. The fraction of sp³-hybridized carbons (Fsp3) is 0.462. The van der Waals surface area contributed by atoms with Gasteiger partial charge in [0.05, 0.1) is 6.10 Å². The topological polar surface area (TPSA) is 52.6 Å². The van der Waals surface area contributed by atoms with Crippen molar-refractivity contribution in [2.75, 3.05) is 18.4 Å². The second-order valence-corrected chi connectivity index (χ2v) is 4.99. The highest BCUT2D eigenvalue weighted by Crippen LogP contribution is 2.23.